The Labute approximate surface area is 191 Å². The zero-order valence-corrected chi connectivity index (χ0v) is 19.0. The Bertz CT molecular complexity index is 983. The first kappa shape index (κ1) is 22.4. The molecule has 1 saturated heterocycles. The molecule has 0 spiro atoms. The Balaban J connectivity index is 1.89. The highest BCUT2D eigenvalue weighted by Gasteiger charge is 2.44. The van der Waals surface area contributed by atoms with E-state index in [1.54, 1.807) is 14.2 Å². The van der Waals surface area contributed by atoms with Crippen molar-refractivity contribution in [2.45, 2.75) is 30.8 Å². The molecule has 168 valence electrons. The molecule has 1 aliphatic rings. The third kappa shape index (κ3) is 4.52. The van der Waals surface area contributed by atoms with E-state index in [1.807, 2.05) is 54.6 Å². The minimum Gasteiger partial charge on any atom is -0.497 e. The van der Waals surface area contributed by atoms with Gasteiger partial charge in [0.1, 0.15) is 17.1 Å². The number of ether oxygens (including phenoxy) is 2. The van der Waals surface area contributed by atoms with Gasteiger partial charge in [0.15, 0.2) is 0 Å². The molecule has 3 aromatic rings. The fourth-order valence-electron chi connectivity index (χ4n) is 4.91. The molecule has 2 unspecified atom stereocenters. The minimum atomic E-state index is -1.28. The standard InChI is InChI=1S/C28H33NO3/c1-31-24-17-15-23(16-18-24)28(30,25-13-7-8-14-27(25)32-2)26(22-11-5-3-6-12-22)21-29-19-9-4-10-20-29/h3,5-8,11-18,26,30H,4,9-10,19-21H2,1-2H3. The fraction of sp³-hybridized carbons (Fsp3) is 0.357. The van der Waals surface area contributed by atoms with Crippen LogP contribution in [0, 0.1) is 0 Å². The van der Waals surface area contributed by atoms with E-state index in [1.165, 1.54) is 19.3 Å². The first-order chi connectivity index (χ1) is 15.7. The van der Waals surface area contributed by atoms with Crippen molar-refractivity contribution in [2.75, 3.05) is 33.9 Å². The van der Waals surface area contributed by atoms with Crippen LogP contribution in [-0.2, 0) is 5.60 Å². The molecule has 32 heavy (non-hydrogen) atoms. The van der Waals surface area contributed by atoms with Crippen LogP contribution in [0.2, 0.25) is 0 Å². The van der Waals surface area contributed by atoms with Gasteiger partial charge in [-0.1, -0.05) is 67.1 Å². The number of benzene rings is 3. The van der Waals surface area contributed by atoms with E-state index in [4.69, 9.17) is 9.47 Å². The number of hydrogen-bond acceptors (Lipinski definition) is 4. The maximum absolute atomic E-state index is 12.7. The number of methoxy groups -OCH3 is 2. The van der Waals surface area contributed by atoms with Gasteiger partial charge >= 0.3 is 0 Å². The average molecular weight is 432 g/mol. The first-order valence-corrected chi connectivity index (χ1v) is 11.4. The third-order valence-electron chi connectivity index (χ3n) is 6.64. The fourth-order valence-corrected chi connectivity index (χ4v) is 4.91. The smallest absolute Gasteiger partial charge is 0.126 e. The Morgan fingerprint density at radius 2 is 1.47 bits per heavy atom. The van der Waals surface area contributed by atoms with Crippen molar-refractivity contribution in [3.05, 3.63) is 95.6 Å². The summed E-state index contributed by atoms with van der Waals surface area (Å²) in [6.45, 7) is 2.90. The molecule has 0 amide bonds. The number of para-hydroxylation sites is 1. The van der Waals surface area contributed by atoms with Gasteiger partial charge in [-0.2, -0.15) is 0 Å². The summed E-state index contributed by atoms with van der Waals surface area (Å²) in [6, 6.07) is 26.0. The van der Waals surface area contributed by atoms with Crippen LogP contribution in [0.1, 0.15) is 41.9 Å². The van der Waals surface area contributed by atoms with Crippen LogP contribution in [0.25, 0.3) is 0 Å². The van der Waals surface area contributed by atoms with Gasteiger partial charge in [0.2, 0.25) is 0 Å². The molecule has 4 heteroatoms. The number of piperidine rings is 1. The summed E-state index contributed by atoms with van der Waals surface area (Å²) in [6.07, 6.45) is 3.69. The highest BCUT2D eigenvalue weighted by Crippen LogP contribution is 2.46. The van der Waals surface area contributed by atoms with E-state index in [-0.39, 0.29) is 5.92 Å². The van der Waals surface area contributed by atoms with Crippen LogP contribution in [0.3, 0.4) is 0 Å². The molecule has 1 fully saturated rings. The second-order valence-corrected chi connectivity index (χ2v) is 8.52. The predicted molar refractivity (Wildman–Crippen MR) is 128 cm³/mol. The number of aliphatic hydroxyl groups is 1. The van der Waals surface area contributed by atoms with E-state index in [0.29, 0.717) is 5.75 Å². The SMILES string of the molecule is COc1ccc(C(O)(c2ccccc2OC)C(CN2CCCCC2)c2ccccc2)cc1. The summed E-state index contributed by atoms with van der Waals surface area (Å²) in [5, 5.41) is 12.7. The van der Waals surface area contributed by atoms with Crippen molar-refractivity contribution in [1.82, 2.24) is 4.90 Å². The van der Waals surface area contributed by atoms with Crippen molar-refractivity contribution < 1.29 is 14.6 Å². The lowest BCUT2D eigenvalue weighted by Crippen LogP contribution is -2.43. The van der Waals surface area contributed by atoms with Crippen LogP contribution in [0.15, 0.2) is 78.9 Å². The van der Waals surface area contributed by atoms with Crippen molar-refractivity contribution in [3.8, 4) is 11.5 Å². The molecule has 1 aliphatic heterocycles. The van der Waals surface area contributed by atoms with Crippen LogP contribution >= 0.6 is 0 Å². The molecule has 1 heterocycles. The Kier molecular flexibility index (Phi) is 7.13. The molecule has 4 nitrogen and oxygen atoms in total. The van der Waals surface area contributed by atoms with Crippen LogP contribution in [0.5, 0.6) is 11.5 Å². The molecule has 0 radical (unpaired) electrons. The van der Waals surface area contributed by atoms with E-state index in [2.05, 4.69) is 29.2 Å². The quantitative estimate of drug-likeness (QED) is 0.532. The molecule has 0 aromatic heterocycles. The van der Waals surface area contributed by atoms with E-state index >= 15 is 0 Å². The largest absolute Gasteiger partial charge is 0.497 e. The second-order valence-electron chi connectivity index (χ2n) is 8.52. The second kappa shape index (κ2) is 10.2. The van der Waals surface area contributed by atoms with Crippen molar-refractivity contribution in [2.24, 2.45) is 0 Å². The Hall–Kier alpha value is -2.82. The molecule has 0 bridgehead atoms. The summed E-state index contributed by atoms with van der Waals surface area (Å²) in [7, 11) is 3.32. The van der Waals surface area contributed by atoms with Crippen LogP contribution in [-0.4, -0.2) is 43.9 Å². The lowest BCUT2D eigenvalue weighted by molar-refractivity contribution is 0.0290. The zero-order valence-electron chi connectivity index (χ0n) is 19.0. The van der Waals surface area contributed by atoms with Gasteiger partial charge in [-0.25, -0.2) is 0 Å². The van der Waals surface area contributed by atoms with Crippen molar-refractivity contribution in [1.29, 1.82) is 0 Å². The molecule has 1 N–H and O–H groups in total. The molecular weight excluding hydrogens is 398 g/mol. The summed E-state index contributed by atoms with van der Waals surface area (Å²) in [4.78, 5) is 2.49. The predicted octanol–water partition coefficient (Wildman–Crippen LogP) is 5.21. The van der Waals surface area contributed by atoms with Gasteiger partial charge in [-0.15, -0.1) is 0 Å². The molecule has 4 rings (SSSR count). The number of rotatable bonds is 8. The zero-order chi connectivity index (χ0) is 22.4. The average Bonchev–Trinajstić information content (AvgIpc) is 2.88. The Morgan fingerprint density at radius 3 is 2.12 bits per heavy atom. The van der Waals surface area contributed by atoms with E-state index < -0.39 is 5.60 Å². The highest BCUT2D eigenvalue weighted by molar-refractivity contribution is 5.49. The van der Waals surface area contributed by atoms with Gasteiger partial charge < -0.3 is 19.5 Å². The monoisotopic (exact) mass is 431 g/mol. The number of hydrogen-bond donors (Lipinski definition) is 1. The lowest BCUT2D eigenvalue weighted by atomic mass is 9.72. The topological polar surface area (TPSA) is 41.9 Å². The van der Waals surface area contributed by atoms with Crippen molar-refractivity contribution >= 4 is 0 Å². The highest BCUT2D eigenvalue weighted by atomic mass is 16.5. The van der Waals surface area contributed by atoms with Crippen LogP contribution < -0.4 is 9.47 Å². The molecule has 3 aromatic carbocycles. The van der Waals surface area contributed by atoms with E-state index in [0.717, 1.165) is 42.1 Å². The number of nitrogens with zero attached hydrogens (tertiary/aromatic N) is 1. The minimum absolute atomic E-state index is 0.175. The molecule has 2 atom stereocenters. The van der Waals surface area contributed by atoms with Gasteiger partial charge in [-0.3, -0.25) is 0 Å². The molecular formula is C28H33NO3. The normalized spacial score (nSPS) is 17.3. The molecule has 0 aliphatic carbocycles. The van der Waals surface area contributed by atoms with E-state index in [9.17, 15) is 5.11 Å². The summed E-state index contributed by atoms with van der Waals surface area (Å²) in [5.74, 6) is 1.28. The maximum Gasteiger partial charge on any atom is 0.126 e. The third-order valence-corrected chi connectivity index (χ3v) is 6.64. The summed E-state index contributed by atoms with van der Waals surface area (Å²) >= 11 is 0. The van der Waals surface area contributed by atoms with Gasteiger partial charge in [0, 0.05) is 18.0 Å². The van der Waals surface area contributed by atoms with Gasteiger partial charge in [-0.05, 0) is 55.3 Å². The van der Waals surface area contributed by atoms with Gasteiger partial charge in [0.25, 0.3) is 0 Å². The van der Waals surface area contributed by atoms with Crippen LogP contribution in [0.4, 0.5) is 0 Å². The summed E-state index contributed by atoms with van der Waals surface area (Å²) < 4.78 is 11.1. The maximum atomic E-state index is 12.7. The molecule has 0 saturated carbocycles. The van der Waals surface area contributed by atoms with Gasteiger partial charge in [0.05, 0.1) is 14.2 Å². The van der Waals surface area contributed by atoms with Crippen molar-refractivity contribution in [3.63, 3.8) is 0 Å². The number of likely N-dealkylation sites (tertiary alicyclic amines) is 1. The Morgan fingerprint density at radius 1 is 0.812 bits per heavy atom. The summed E-state index contributed by atoms with van der Waals surface area (Å²) in [5.41, 5.74) is 1.44. The lowest BCUT2D eigenvalue weighted by Gasteiger charge is -2.41. The first-order valence-electron chi connectivity index (χ1n) is 11.4.